The van der Waals surface area contributed by atoms with Crippen molar-refractivity contribution in [1.82, 2.24) is 0 Å². The van der Waals surface area contributed by atoms with E-state index in [-0.39, 0.29) is 5.92 Å². The van der Waals surface area contributed by atoms with Crippen LogP contribution in [0.1, 0.15) is 16.8 Å². The van der Waals surface area contributed by atoms with Gasteiger partial charge in [-0.3, -0.25) is 4.79 Å². The fourth-order valence-electron chi connectivity index (χ4n) is 2.32. The molecule has 0 N–H and O–H groups in total. The van der Waals surface area contributed by atoms with E-state index >= 15 is 0 Å². The fraction of sp³-hybridized carbons (Fsp3) is 0.267. The van der Waals surface area contributed by atoms with Crippen LogP contribution in [-0.4, -0.2) is 17.3 Å². The lowest BCUT2D eigenvalue weighted by molar-refractivity contribution is 0.0934. The number of rotatable bonds is 2. The summed E-state index contributed by atoms with van der Waals surface area (Å²) in [5.74, 6) is 2.68. The summed E-state index contributed by atoms with van der Waals surface area (Å²) in [6.07, 6.45) is 1.04. The molecule has 1 heterocycles. The molecular formula is C15H14OS. The van der Waals surface area contributed by atoms with E-state index in [4.69, 9.17) is 0 Å². The standard InChI is InChI=1S/C15H14OS/c16-15(14-7-8-17-10-14)13-6-5-11-3-1-2-4-12(11)9-13/h1-6,9,14H,7-8,10H2. The number of carbonyl (C=O) groups is 1. The van der Waals surface area contributed by atoms with Crippen molar-refractivity contribution in [3.05, 3.63) is 48.0 Å². The molecular weight excluding hydrogens is 228 g/mol. The van der Waals surface area contributed by atoms with Gasteiger partial charge >= 0.3 is 0 Å². The molecule has 3 rings (SSSR count). The van der Waals surface area contributed by atoms with E-state index in [0.29, 0.717) is 5.78 Å². The summed E-state index contributed by atoms with van der Waals surface area (Å²) in [6, 6.07) is 14.2. The highest BCUT2D eigenvalue weighted by Gasteiger charge is 2.24. The smallest absolute Gasteiger partial charge is 0.166 e. The van der Waals surface area contributed by atoms with E-state index in [1.807, 2.05) is 42.1 Å². The average molecular weight is 242 g/mol. The lowest BCUT2D eigenvalue weighted by Gasteiger charge is -2.08. The van der Waals surface area contributed by atoms with Crippen LogP contribution in [0.4, 0.5) is 0 Å². The SMILES string of the molecule is O=C(c1ccc2ccccc2c1)C1CCSC1. The summed E-state index contributed by atoms with van der Waals surface area (Å²) < 4.78 is 0. The van der Waals surface area contributed by atoms with Gasteiger partial charge in [0.05, 0.1) is 0 Å². The predicted molar refractivity (Wildman–Crippen MR) is 73.7 cm³/mol. The van der Waals surface area contributed by atoms with Crippen LogP contribution >= 0.6 is 11.8 Å². The number of Topliss-reactive ketones (excluding diaryl/α,β-unsaturated/α-hetero) is 1. The molecule has 1 fully saturated rings. The van der Waals surface area contributed by atoms with Crippen LogP contribution in [0.5, 0.6) is 0 Å². The van der Waals surface area contributed by atoms with Crippen molar-refractivity contribution in [2.45, 2.75) is 6.42 Å². The molecule has 0 bridgehead atoms. The Morgan fingerprint density at radius 2 is 1.94 bits per heavy atom. The van der Waals surface area contributed by atoms with Gasteiger partial charge in [0.25, 0.3) is 0 Å². The van der Waals surface area contributed by atoms with Crippen molar-refractivity contribution in [2.24, 2.45) is 5.92 Å². The second kappa shape index (κ2) is 4.53. The van der Waals surface area contributed by atoms with E-state index in [1.54, 1.807) is 0 Å². The number of hydrogen-bond acceptors (Lipinski definition) is 2. The zero-order valence-corrected chi connectivity index (χ0v) is 10.4. The number of hydrogen-bond donors (Lipinski definition) is 0. The van der Waals surface area contributed by atoms with Crippen molar-refractivity contribution < 1.29 is 4.79 Å². The van der Waals surface area contributed by atoms with Crippen LogP contribution in [0.2, 0.25) is 0 Å². The Hall–Kier alpha value is -1.28. The Labute approximate surface area is 105 Å². The van der Waals surface area contributed by atoms with E-state index in [2.05, 4.69) is 12.1 Å². The molecule has 0 radical (unpaired) electrons. The Balaban J connectivity index is 1.97. The molecule has 0 aliphatic carbocycles. The van der Waals surface area contributed by atoms with E-state index < -0.39 is 0 Å². The second-order valence-corrected chi connectivity index (χ2v) is 5.64. The third kappa shape index (κ3) is 2.09. The van der Waals surface area contributed by atoms with Crippen molar-refractivity contribution in [3.63, 3.8) is 0 Å². The molecule has 1 aliphatic rings. The zero-order valence-electron chi connectivity index (χ0n) is 9.56. The summed E-state index contributed by atoms with van der Waals surface area (Å²) in [5.41, 5.74) is 0.871. The number of ketones is 1. The summed E-state index contributed by atoms with van der Waals surface area (Å²) in [5, 5.41) is 2.36. The van der Waals surface area contributed by atoms with Crippen LogP contribution in [0.3, 0.4) is 0 Å². The van der Waals surface area contributed by atoms with Gasteiger partial charge in [-0.05, 0) is 29.0 Å². The first-order valence-electron chi connectivity index (χ1n) is 5.95. The maximum absolute atomic E-state index is 12.3. The zero-order chi connectivity index (χ0) is 11.7. The number of thioether (sulfide) groups is 1. The van der Waals surface area contributed by atoms with E-state index in [9.17, 15) is 4.79 Å². The molecule has 0 spiro atoms. The molecule has 0 amide bonds. The van der Waals surface area contributed by atoms with Gasteiger partial charge < -0.3 is 0 Å². The van der Waals surface area contributed by atoms with Gasteiger partial charge in [0.15, 0.2) is 5.78 Å². The normalized spacial score (nSPS) is 19.6. The quantitative estimate of drug-likeness (QED) is 0.746. The van der Waals surface area contributed by atoms with Gasteiger partial charge in [0, 0.05) is 17.2 Å². The minimum absolute atomic E-state index is 0.237. The molecule has 1 unspecified atom stereocenters. The van der Waals surface area contributed by atoms with Crippen LogP contribution in [0.15, 0.2) is 42.5 Å². The molecule has 2 aromatic rings. The third-order valence-electron chi connectivity index (χ3n) is 3.33. The third-order valence-corrected chi connectivity index (χ3v) is 4.50. The Morgan fingerprint density at radius 1 is 1.12 bits per heavy atom. The Bertz CT molecular complexity index is 556. The fourth-order valence-corrected chi connectivity index (χ4v) is 3.54. The number of benzene rings is 2. The molecule has 0 saturated carbocycles. The summed E-state index contributed by atoms with van der Waals surface area (Å²) in [4.78, 5) is 12.3. The lowest BCUT2D eigenvalue weighted by Crippen LogP contribution is -2.13. The van der Waals surface area contributed by atoms with Gasteiger partial charge in [-0.25, -0.2) is 0 Å². The Kier molecular flexibility index (Phi) is 2.89. The summed E-state index contributed by atoms with van der Waals surface area (Å²) >= 11 is 1.89. The van der Waals surface area contributed by atoms with Crippen molar-refractivity contribution in [3.8, 4) is 0 Å². The Morgan fingerprint density at radius 3 is 2.71 bits per heavy atom. The molecule has 1 nitrogen and oxygen atoms in total. The number of fused-ring (bicyclic) bond motifs is 1. The minimum Gasteiger partial charge on any atom is -0.294 e. The summed E-state index contributed by atoms with van der Waals surface area (Å²) in [7, 11) is 0. The molecule has 86 valence electrons. The van der Waals surface area contributed by atoms with Crippen LogP contribution in [0.25, 0.3) is 10.8 Å². The molecule has 2 aromatic carbocycles. The van der Waals surface area contributed by atoms with Gasteiger partial charge in [-0.2, -0.15) is 11.8 Å². The minimum atomic E-state index is 0.237. The topological polar surface area (TPSA) is 17.1 Å². The lowest BCUT2D eigenvalue weighted by atomic mass is 9.95. The van der Waals surface area contributed by atoms with Crippen LogP contribution < -0.4 is 0 Å². The largest absolute Gasteiger partial charge is 0.294 e. The first-order valence-corrected chi connectivity index (χ1v) is 7.11. The first kappa shape index (κ1) is 10.8. The highest BCUT2D eigenvalue weighted by molar-refractivity contribution is 7.99. The van der Waals surface area contributed by atoms with E-state index in [1.165, 1.54) is 5.39 Å². The summed E-state index contributed by atoms with van der Waals surface area (Å²) in [6.45, 7) is 0. The van der Waals surface area contributed by atoms with Crippen molar-refractivity contribution in [2.75, 3.05) is 11.5 Å². The van der Waals surface area contributed by atoms with Gasteiger partial charge in [0.2, 0.25) is 0 Å². The highest BCUT2D eigenvalue weighted by Crippen LogP contribution is 2.27. The van der Waals surface area contributed by atoms with Crippen molar-refractivity contribution >= 4 is 28.3 Å². The first-order chi connectivity index (χ1) is 8.34. The highest BCUT2D eigenvalue weighted by atomic mass is 32.2. The van der Waals surface area contributed by atoms with Crippen LogP contribution in [-0.2, 0) is 0 Å². The monoisotopic (exact) mass is 242 g/mol. The number of carbonyl (C=O) groups excluding carboxylic acids is 1. The van der Waals surface area contributed by atoms with Gasteiger partial charge in [-0.15, -0.1) is 0 Å². The molecule has 1 aliphatic heterocycles. The van der Waals surface area contributed by atoms with Crippen LogP contribution in [0, 0.1) is 5.92 Å². The maximum atomic E-state index is 12.3. The predicted octanol–water partition coefficient (Wildman–Crippen LogP) is 3.78. The van der Waals surface area contributed by atoms with Crippen molar-refractivity contribution in [1.29, 1.82) is 0 Å². The molecule has 2 heteroatoms. The second-order valence-electron chi connectivity index (χ2n) is 4.49. The van der Waals surface area contributed by atoms with Gasteiger partial charge in [0.1, 0.15) is 0 Å². The molecule has 1 atom stereocenters. The van der Waals surface area contributed by atoms with Gasteiger partial charge in [-0.1, -0.05) is 36.4 Å². The molecule has 17 heavy (non-hydrogen) atoms. The molecule has 0 aromatic heterocycles. The van der Waals surface area contributed by atoms with E-state index in [0.717, 1.165) is 28.9 Å². The maximum Gasteiger partial charge on any atom is 0.166 e. The molecule has 1 saturated heterocycles. The average Bonchev–Trinajstić information content (AvgIpc) is 2.91.